The minimum atomic E-state index is -4.86. The predicted octanol–water partition coefficient (Wildman–Crippen LogP) is 5.05. The van der Waals surface area contributed by atoms with E-state index < -0.39 is 29.8 Å². The number of rotatable bonds is 10. The van der Waals surface area contributed by atoms with Crippen LogP contribution >= 0.6 is 0 Å². The first kappa shape index (κ1) is 32.6. The Bertz CT molecular complexity index is 1500. The number of para-hydroxylation sites is 1. The zero-order chi connectivity index (χ0) is 32.1. The maximum absolute atomic E-state index is 14.4. The molecule has 45 heavy (non-hydrogen) atoms. The van der Waals surface area contributed by atoms with Crippen LogP contribution < -0.4 is 16.0 Å². The van der Waals surface area contributed by atoms with Crippen LogP contribution in [-0.4, -0.2) is 63.7 Å². The number of imidazole rings is 1. The fraction of sp³-hybridized carbons (Fsp3) is 0.469. The molecule has 0 saturated carbocycles. The third-order valence-electron chi connectivity index (χ3n) is 8.51. The lowest BCUT2D eigenvalue weighted by Gasteiger charge is -2.33. The zero-order valence-electron chi connectivity index (χ0n) is 25.0. The molecule has 0 radical (unpaired) electrons. The molecule has 0 spiro atoms. The molecule has 0 bridgehead atoms. The van der Waals surface area contributed by atoms with Crippen molar-refractivity contribution < 1.29 is 31.5 Å². The summed E-state index contributed by atoms with van der Waals surface area (Å²) < 4.78 is 68.1. The Morgan fingerprint density at radius 1 is 1.07 bits per heavy atom. The summed E-state index contributed by atoms with van der Waals surface area (Å²) >= 11 is 0. The van der Waals surface area contributed by atoms with Crippen LogP contribution in [0.2, 0.25) is 0 Å². The van der Waals surface area contributed by atoms with Gasteiger partial charge in [0.1, 0.15) is 18.0 Å². The Labute approximate surface area is 258 Å². The van der Waals surface area contributed by atoms with E-state index >= 15 is 0 Å². The van der Waals surface area contributed by atoms with Gasteiger partial charge in [0.2, 0.25) is 5.91 Å². The highest BCUT2D eigenvalue weighted by atomic mass is 19.4. The number of hydrogen-bond donors (Lipinski definition) is 3. The number of carbonyl (C=O) groups is 2. The highest BCUT2D eigenvalue weighted by Gasteiger charge is 2.43. The third-order valence-corrected chi connectivity index (χ3v) is 8.51. The van der Waals surface area contributed by atoms with Gasteiger partial charge in [-0.3, -0.25) is 9.59 Å². The van der Waals surface area contributed by atoms with E-state index in [4.69, 9.17) is 0 Å². The van der Waals surface area contributed by atoms with Crippen LogP contribution in [-0.2, 0) is 29.0 Å². The molecule has 2 atom stereocenters. The molecule has 3 aromatic rings. The van der Waals surface area contributed by atoms with Crippen molar-refractivity contribution in [3.63, 3.8) is 0 Å². The van der Waals surface area contributed by atoms with Crippen molar-refractivity contribution in [2.75, 3.05) is 18.4 Å². The van der Waals surface area contributed by atoms with Crippen LogP contribution in [0.15, 0.2) is 48.9 Å². The molecule has 242 valence electrons. The summed E-state index contributed by atoms with van der Waals surface area (Å²) in [5, 5.41) is 9.66. The summed E-state index contributed by atoms with van der Waals surface area (Å²) in [6, 6.07) is 9.19. The number of amides is 2. The fourth-order valence-electron chi connectivity index (χ4n) is 6.16. The van der Waals surface area contributed by atoms with Gasteiger partial charge in [-0.25, -0.2) is 13.8 Å². The van der Waals surface area contributed by atoms with Gasteiger partial charge in [0.25, 0.3) is 0 Å². The van der Waals surface area contributed by atoms with Gasteiger partial charge in [-0.2, -0.15) is 13.2 Å². The number of halogens is 5. The molecule has 1 saturated heterocycles. The first-order chi connectivity index (χ1) is 21.5. The SMILES string of the molecule is CCC[C@H](N[C@H]1CCc2cc(F)cc(F)c2C1)C(=O)Nc1cn(-c2ccccc2CNC2CCN(C(=O)C(F)(F)F)CC2)cn1. The molecule has 0 unspecified atom stereocenters. The second-order valence-corrected chi connectivity index (χ2v) is 11.7. The third kappa shape index (κ3) is 8.06. The molecule has 13 heteroatoms. The lowest BCUT2D eigenvalue weighted by atomic mass is 9.87. The van der Waals surface area contributed by atoms with Crippen molar-refractivity contribution in [1.29, 1.82) is 0 Å². The molecule has 3 N–H and O–H groups in total. The van der Waals surface area contributed by atoms with Gasteiger partial charge >= 0.3 is 12.1 Å². The van der Waals surface area contributed by atoms with Gasteiger partial charge < -0.3 is 25.4 Å². The number of likely N-dealkylation sites (tertiary alicyclic amines) is 1. The molecular formula is C32H37F5N6O2. The van der Waals surface area contributed by atoms with Crippen molar-refractivity contribution in [3.8, 4) is 5.69 Å². The largest absolute Gasteiger partial charge is 0.471 e. The van der Waals surface area contributed by atoms with E-state index in [1.165, 1.54) is 6.07 Å². The number of fused-ring (bicyclic) bond motifs is 1. The molecule has 1 aliphatic carbocycles. The number of anilines is 1. The van der Waals surface area contributed by atoms with Gasteiger partial charge in [0.15, 0.2) is 5.82 Å². The van der Waals surface area contributed by atoms with Crippen molar-refractivity contribution in [2.24, 2.45) is 0 Å². The van der Waals surface area contributed by atoms with E-state index in [1.807, 2.05) is 31.2 Å². The van der Waals surface area contributed by atoms with Crippen molar-refractivity contribution >= 4 is 17.6 Å². The number of alkyl halides is 3. The second-order valence-electron chi connectivity index (χ2n) is 11.7. The number of nitrogens with one attached hydrogen (secondary N) is 3. The standard InChI is InChI=1S/C32H37F5N6O2/c1-2-5-27(40-24-9-8-20-14-22(33)15-26(34)25(20)16-24)30(44)41-29-18-43(19-39-29)28-7-4-3-6-21(28)17-38-23-10-12-42(13-11-23)31(45)32(35,36)37/h3-4,6-7,14-15,18-19,23-24,27,38,40H,2,5,8-13,16-17H2,1H3,(H,41,44)/t24-,27-/m0/s1. The van der Waals surface area contributed by atoms with E-state index in [1.54, 1.807) is 17.1 Å². The molecular weight excluding hydrogens is 595 g/mol. The average Bonchev–Trinajstić information content (AvgIpc) is 3.47. The maximum Gasteiger partial charge on any atom is 0.471 e. The van der Waals surface area contributed by atoms with Crippen LogP contribution in [0.25, 0.3) is 5.69 Å². The molecule has 2 amide bonds. The highest BCUT2D eigenvalue weighted by molar-refractivity contribution is 5.94. The van der Waals surface area contributed by atoms with Crippen LogP contribution in [0, 0.1) is 11.6 Å². The molecule has 5 rings (SSSR count). The normalized spacial score (nSPS) is 18.0. The molecule has 2 aromatic carbocycles. The lowest BCUT2D eigenvalue weighted by Crippen LogP contribution is -2.48. The smallest absolute Gasteiger partial charge is 0.335 e. The number of hydrogen-bond acceptors (Lipinski definition) is 5. The van der Waals surface area contributed by atoms with Crippen LogP contribution in [0.4, 0.5) is 27.8 Å². The van der Waals surface area contributed by atoms with Gasteiger partial charge in [0.05, 0.1) is 17.9 Å². The summed E-state index contributed by atoms with van der Waals surface area (Å²) in [4.78, 5) is 30.0. The highest BCUT2D eigenvalue weighted by Crippen LogP contribution is 2.26. The van der Waals surface area contributed by atoms with Crippen LogP contribution in [0.3, 0.4) is 0 Å². The first-order valence-electron chi connectivity index (χ1n) is 15.3. The van der Waals surface area contributed by atoms with Crippen molar-refractivity contribution in [1.82, 2.24) is 25.1 Å². The van der Waals surface area contributed by atoms with E-state index in [0.29, 0.717) is 62.0 Å². The van der Waals surface area contributed by atoms with Gasteiger partial charge in [-0.05, 0) is 67.3 Å². The Hall–Kier alpha value is -3.84. The molecule has 2 aliphatic rings. The van der Waals surface area contributed by atoms with E-state index in [2.05, 4.69) is 20.9 Å². The summed E-state index contributed by atoms with van der Waals surface area (Å²) in [5.74, 6) is -2.82. The van der Waals surface area contributed by atoms with E-state index in [0.717, 1.165) is 28.6 Å². The zero-order valence-corrected chi connectivity index (χ0v) is 25.0. The topological polar surface area (TPSA) is 91.3 Å². The number of nitrogens with zero attached hydrogens (tertiary/aromatic N) is 3. The Balaban J connectivity index is 1.17. The number of aromatic nitrogens is 2. The Morgan fingerprint density at radius 2 is 1.82 bits per heavy atom. The monoisotopic (exact) mass is 632 g/mol. The minimum Gasteiger partial charge on any atom is -0.335 e. The molecule has 1 aliphatic heterocycles. The molecule has 2 heterocycles. The summed E-state index contributed by atoms with van der Waals surface area (Å²) in [6.07, 6.45) is 2.16. The van der Waals surface area contributed by atoms with Gasteiger partial charge in [0, 0.05) is 37.8 Å². The molecule has 1 aromatic heterocycles. The van der Waals surface area contributed by atoms with Gasteiger partial charge in [-0.15, -0.1) is 0 Å². The second kappa shape index (κ2) is 14.1. The Kier molecular flexibility index (Phi) is 10.2. The fourth-order valence-corrected chi connectivity index (χ4v) is 6.16. The van der Waals surface area contributed by atoms with Crippen molar-refractivity contribution in [3.05, 3.63) is 77.2 Å². The first-order valence-corrected chi connectivity index (χ1v) is 15.3. The quantitative estimate of drug-likeness (QED) is 0.273. The van der Waals surface area contributed by atoms with Gasteiger partial charge in [-0.1, -0.05) is 31.5 Å². The molecule has 1 fully saturated rings. The summed E-state index contributed by atoms with van der Waals surface area (Å²) in [7, 11) is 0. The van der Waals surface area contributed by atoms with E-state index in [9.17, 15) is 31.5 Å². The summed E-state index contributed by atoms with van der Waals surface area (Å²) in [6.45, 7) is 2.52. The predicted molar refractivity (Wildman–Crippen MR) is 159 cm³/mol. The summed E-state index contributed by atoms with van der Waals surface area (Å²) in [5.41, 5.74) is 2.91. The number of carbonyl (C=O) groups excluding carboxylic acids is 2. The Morgan fingerprint density at radius 3 is 2.56 bits per heavy atom. The average molecular weight is 633 g/mol. The number of piperidine rings is 1. The van der Waals surface area contributed by atoms with Crippen molar-refractivity contribution in [2.45, 2.75) is 82.7 Å². The number of benzene rings is 2. The lowest BCUT2D eigenvalue weighted by molar-refractivity contribution is -0.186. The number of aryl methyl sites for hydroxylation is 1. The van der Waals surface area contributed by atoms with Crippen LogP contribution in [0.5, 0.6) is 0 Å². The molecule has 8 nitrogen and oxygen atoms in total. The van der Waals surface area contributed by atoms with E-state index in [-0.39, 0.29) is 31.1 Å². The van der Waals surface area contributed by atoms with Crippen LogP contribution in [0.1, 0.15) is 55.7 Å². The minimum absolute atomic E-state index is 0.0359. The maximum atomic E-state index is 14.4.